The van der Waals surface area contributed by atoms with Crippen molar-refractivity contribution >= 4 is 121 Å². The number of hydrogen-bond donors (Lipinski definition) is 0. The zero-order chi connectivity index (χ0) is 42.1. The third-order valence-electron chi connectivity index (χ3n) is 15.0. The van der Waals surface area contributed by atoms with E-state index in [0.29, 0.717) is 0 Å². The minimum atomic E-state index is -0.0115. The van der Waals surface area contributed by atoms with E-state index in [2.05, 4.69) is 216 Å². The van der Waals surface area contributed by atoms with Crippen molar-refractivity contribution in [3.8, 4) is 33.6 Å². The van der Waals surface area contributed by atoms with Crippen LogP contribution in [0.3, 0.4) is 0 Å². The highest BCUT2D eigenvalue weighted by molar-refractivity contribution is 7.00. The van der Waals surface area contributed by atoms with E-state index in [4.69, 9.17) is 4.98 Å². The minimum Gasteiger partial charge on any atom is -0.310 e. The average molecular weight is 820 g/mol. The summed E-state index contributed by atoms with van der Waals surface area (Å²) < 4.78 is 5.26. The number of pyridine rings is 1. The van der Waals surface area contributed by atoms with Crippen LogP contribution >= 0.6 is 0 Å². The second-order valence-corrected chi connectivity index (χ2v) is 18.2. The molecule has 0 N–H and O–H groups in total. The van der Waals surface area contributed by atoms with E-state index < -0.39 is 0 Å². The highest BCUT2D eigenvalue weighted by atomic mass is 15.0. The van der Waals surface area contributed by atoms with E-state index >= 15 is 0 Å². The molecule has 65 heavy (non-hydrogen) atoms. The average Bonchev–Trinajstić information content (AvgIpc) is 3.92. The topological polar surface area (TPSA) is 22.8 Å². The van der Waals surface area contributed by atoms with Crippen LogP contribution in [-0.4, -0.2) is 20.8 Å². The van der Waals surface area contributed by atoms with Crippen LogP contribution in [0.4, 0.5) is 0 Å². The van der Waals surface area contributed by atoms with Crippen molar-refractivity contribution in [3.05, 3.63) is 206 Å². The Labute approximate surface area is 373 Å². The molecule has 0 fully saturated rings. The lowest BCUT2D eigenvalue weighted by Gasteiger charge is -2.34. The van der Waals surface area contributed by atoms with Gasteiger partial charge in [0.1, 0.15) is 0 Å². The van der Waals surface area contributed by atoms with E-state index in [1.54, 1.807) is 0 Å². The molecule has 0 bridgehead atoms. The molecule has 0 radical (unpaired) electrons. The Hall–Kier alpha value is -8.47. The summed E-state index contributed by atoms with van der Waals surface area (Å²) in [6.45, 7) is -0.0115. The van der Waals surface area contributed by atoms with Crippen molar-refractivity contribution in [1.82, 2.24) is 14.1 Å². The monoisotopic (exact) mass is 819 g/mol. The van der Waals surface area contributed by atoms with E-state index in [-0.39, 0.29) is 6.71 Å². The summed E-state index contributed by atoms with van der Waals surface area (Å²) in [5.41, 5.74) is 17.2. The quantitative estimate of drug-likeness (QED) is 0.159. The Balaban J connectivity index is 1.12. The maximum Gasteiger partial charge on any atom is 0.252 e. The number of rotatable bonds is 2. The molecule has 4 heteroatoms. The van der Waals surface area contributed by atoms with Gasteiger partial charge in [0.25, 0.3) is 6.71 Å². The largest absolute Gasteiger partial charge is 0.310 e. The van der Waals surface area contributed by atoms with Crippen molar-refractivity contribution in [2.45, 2.75) is 0 Å². The van der Waals surface area contributed by atoms with Gasteiger partial charge in [0, 0.05) is 50.1 Å². The van der Waals surface area contributed by atoms with Gasteiger partial charge in [0.15, 0.2) is 0 Å². The first-order chi connectivity index (χ1) is 32.2. The highest BCUT2D eigenvalue weighted by Gasteiger charge is 2.42. The zero-order valence-corrected chi connectivity index (χ0v) is 35.0. The number of aromatic nitrogens is 3. The molecule has 3 nitrogen and oxygen atoms in total. The van der Waals surface area contributed by atoms with Gasteiger partial charge in [0.2, 0.25) is 0 Å². The number of nitrogens with zero attached hydrogens (tertiary/aromatic N) is 3. The van der Waals surface area contributed by atoms with Gasteiger partial charge in [-0.25, -0.2) is 0 Å². The molecular formula is C61H34BN3. The molecule has 0 saturated heterocycles. The van der Waals surface area contributed by atoms with E-state index in [1.807, 2.05) is 0 Å². The van der Waals surface area contributed by atoms with Crippen molar-refractivity contribution in [2.24, 2.45) is 0 Å². The van der Waals surface area contributed by atoms with Crippen molar-refractivity contribution in [1.29, 1.82) is 0 Å². The molecule has 0 unspecified atom stereocenters. The summed E-state index contributed by atoms with van der Waals surface area (Å²) in [7, 11) is 0. The first-order valence-electron chi connectivity index (χ1n) is 22.6. The molecule has 3 aromatic heterocycles. The van der Waals surface area contributed by atoms with Gasteiger partial charge < -0.3 is 9.13 Å². The summed E-state index contributed by atoms with van der Waals surface area (Å²) in [6, 6.07) is 75.0. The lowest BCUT2D eigenvalue weighted by atomic mass is 9.34. The van der Waals surface area contributed by atoms with Crippen LogP contribution in [0, 0.1) is 0 Å². The SMILES string of the molecule is c1ccc(-c2ccc3ncc(-c4cc5c6c(c4)-n4c7ccc8ccccc8c7c7c8ccccc8cc(c74)B6c4cc6ccccc6c6c7c8ccccc8ccc7n-5c46)cc3c2)cc1. The first kappa shape index (κ1) is 34.1. The molecular weight excluding hydrogens is 786 g/mol. The van der Waals surface area contributed by atoms with Crippen LogP contribution in [0.5, 0.6) is 0 Å². The van der Waals surface area contributed by atoms with Crippen LogP contribution < -0.4 is 16.4 Å². The Morgan fingerprint density at radius 2 is 0.831 bits per heavy atom. The minimum absolute atomic E-state index is 0.0115. The molecule has 0 atom stereocenters. The second-order valence-electron chi connectivity index (χ2n) is 18.2. The van der Waals surface area contributed by atoms with Crippen molar-refractivity contribution in [3.63, 3.8) is 0 Å². The van der Waals surface area contributed by atoms with Crippen LogP contribution in [0.2, 0.25) is 0 Å². The summed E-state index contributed by atoms with van der Waals surface area (Å²) in [6.07, 6.45) is 2.08. The fourth-order valence-corrected chi connectivity index (χ4v) is 12.3. The lowest BCUT2D eigenvalue weighted by Crippen LogP contribution is -2.59. The van der Waals surface area contributed by atoms with Gasteiger partial charge >= 0.3 is 0 Å². The normalized spacial score (nSPS) is 12.9. The highest BCUT2D eigenvalue weighted by Crippen LogP contribution is 2.46. The Bertz CT molecular complexity index is 4260. The van der Waals surface area contributed by atoms with Gasteiger partial charge in [-0.05, 0) is 119 Å². The molecule has 14 aromatic rings. The first-order valence-corrected chi connectivity index (χ1v) is 22.6. The Morgan fingerprint density at radius 1 is 0.338 bits per heavy atom. The van der Waals surface area contributed by atoms with Crippen LogP contribution in [0.1, 0.15) is 0 Å². The van der Waals surface area contributed by atoms with Gasteiger partial charge in [-0.1, -0.05) is 158 Å². The predicted molar refractivity (Wildman–Crippen MR) is 276 cm³/mol. The summed E-state index contributed by atoms with van der Waals surface area (Å²) in [5, 5.41) is 16.6. The Morgan fingerprint density at radius 3 is 1.40 bits per heavy atom. The van der Waals surface area contributed by atoms with Gasteiger partial charge in [-0.3, -0.25) is 4.98 Å². The molecule has 0 amide bonds. The fraction of sp³-hybridized carbons (Fsp3) is 0. The molecule has 5 heterocycles. The van der Waals surface area contributed by atoms with Crippen molar-refractivity contribution in [2.75, 3.05) is 0 Å². The number of benzene rings is 11. The Kier molecular flexibility index (Phi) is 6.38. The molecule has 2 aliphatic heterocycles. The fourth-order valence-electron chi connectivity index (χ4n) is 12.3. The molecule has 296 valence electrons. The second kappa shape index (κ2) is 12.2. The van der Waals surface area contributed by atoms with E-state index in [1.165, 1.54) is 126 Å². The molecule has 0 aliphatic carbocycles. The summed E-state index contributed by atoms with van der Waals surface area (Å²) in [4.78, 5) is 5.14. The van der Waals surface area contributed by atoms with Gasteiger partial charge in [-0.15, -0.1) is 0 Å². The van der Waals surface area contributed by atoms with Gasteiger partial charge in [-0.2, -0.15) is 0 Å². The smallest absolute Gasteiger partial charge is 0.252 e. The maximum atomic E-state index is 5.14. The van der Waals surface area contributed by atoms with E-state index in [9.17, 15) is 0 Å². The number of hydrogen-bond acceptors (Lipinski definition) is 1. The van der Waals surface area contributed by atoms with Crippen molar-refractivity contribution < 1.29 is 0 Å². The summed E-state index contributed by atoms with van der Waals surface area (Å²) >= 11 is 0. The number of fused-ring (bicyclic) bond motifs is 19. The maximum absolute atomic E-state index is 5.14. The zero-order valence-electron chi connectivity index (χ0n) is 35.0. The van der Waals surface area contributed by atoms with Crippen LogP contribution in [0.15, 0.2) is 206 Å². The van der Waals surface area contributed by atoms with E-state index in [0.717, 1.165) is 22.0 Å². The van der Waals surface area contributed by atoms with Crippen LogP contribution in [0.25, 0.3) is 131 Å². The predicted octanol–water partition coefficient (Wildman–Crippen LogP) is 13.5. The third kappa shape index (κ3) is 4.34. The molecule has 16 rings (SSSR count). The molecule has 2 aliphatic rings. The third-order valence-corrected chi connectivity index (χ3v) is 15.0. The molecule has 0 spiro atoms. The summed E-state index contributed by atoms with van der Waals surface area (Å²) in [5.74, 6) is 0. The molecule has 0 saturated carbocycles. The molecule has 11 aromatic carbocycles. The lowest BCUT2D eigenvalue weighted by molar-refractivity contribution is 1.14. The standard InChI is InChI=1S/C61H34BN3/c1-2-12-35(13-3-1)38-22-25-50-42(28-38)29-43(34-63-50)41-32-53-59-54(33-41)65-52-27-24-37-15-5-9-19-45(37)56(52)58-47-21-11-7-17-40(47)31-49(61(58)65)62(59)48-30-39-16-6-10-20-46(39)57-55-44-18-8-4-14-36(44)23-26-51(55)64(53)60(48)57/h1-34H. The van der Waals surface area contributed by atoms with Gasteiger partial charge in [0.05, 0.1) is 27.6 Å². The van der Waals surface area contributed by atoms with Crippen LogP contribution in [-0.2, 0) is 0 Å².